The lowest BCUT2D eigenvalue weighted by atomic mass is 9.63. The van der Waals surface area contributed by atoms with Gasteiger partial charge in [0.1, 0.15) is 5.75 Å². The molecule has 3 aliphatic rings. The largest absolute Gasteiger partial charge is 0.493 e. The van der Waals surface area contributed by atoms with E-state index in [1.54, 1.807) is 7.11 Å². The number of benzene rings is 1. The highest BCUT2D eigenvalue weighted by Gasteiger charge is 2.71. The molecule has 4 heteroatoms. The lowest BCUT2D eigenvalue weighted by molar-refractivity contribution is -0.138. The number of ether oxygens (including phenoxy) is 3. The molecule has 1 saturated heterocycles. The van der Waals surface area contributed by atoms with E-state index in [4.69, 9.17) is 14.2 Å². The van der Waals surface area contributed by atoms with Crippen molar-refractivity contribution in [2.45, 2.75) is 63.4 Å². The molecule has 0 amide bonds. The maximum absolute atomic E-state index is 10.7. The first kappa shape index (κ1) is 17.3. The van der Waals surface area contributed by atoms with E-state index in [-0.39, 0.29) is 23.7 Å². The van der Waals surface area contributed by atoms with Crippen LogP contribution in [-0.2, 0) is 9.47 Å². The Bertz CT molecular complexity index is 599. The van der Waals surface area contributed by atoms with E-state index >= 15 is 0 Å². The Kier molecular flexibility index (Phi) is 4.33. The zero-order chi connectivity index (χ0) is 17.7. The van der Waals surface area contributed by atoms with Crippen LogP contribution in [0, 0.1) is 17.3 Å². The lowest BCUT2D eigenvalue weighted by Crippen LogP contribution is -2.54. The number of hydrogen-bond donors (Lipinski definition) is 1. The maximum atomic E-state index is 10.7. The minimum Gasteiger partial charge on any atom is -0.493 e. The smallest absolute Gasteiger partial charge is 0.119 e. The quantitative estimate of drug-likeness (QED) is 0.802. The zero-order valence-electron chi connectivity index (χ0n) is 15.5. The van der Waals surface area contributed by atoms with Gasteiger partial charge in [-0.3, -0.25) is 0 Å². The molecule has 0 unspecified atom stereocenters. The van der Waals surface area contributed by atoms with Gasteiger partial charge in [-0.15, -0.1) is 0 Å². The molecule has 1 spiro atoms. The monoisotopic (exact) mass is 346 g/mol. The fourth-order valence-electron chi connectivity index (χ4n) is 5.34. The molecule has 1 heterocycles. The molecular weight excluding hydrogens is 316 g/mol. The van der Waals surface area contributed by atoms with Crippen LogP contribution in [0.5, 0.6) is 5.75 Å². The van der Waals surface area contributed by atoms with Crippen LogP contribution in [0.1, 0.15) is 39.5 Å². The van der Waals surface area contributed by atoms with E-state index in [9.17, 15) is 5.11 Å². The van der Waals surface area contributed by atoms with Gasteiger partial charge >= 0.3 is 0 Å². The SMILES string of the molecule is CO[C@@H]1[C@H](O)[C@@H](C)CC2(CC2)[C@H]1[C@@]1(C)O[C@@H]1CCOc1ccccc1. The minimum absolute atomic E-state index is 0.128. The van der Waals surface area contributed by atoms with Gasteiger partial charge in [-0.25, -0.2) is 0 Å². The second-order valence-corrected chi connectivity index (χ2v) is 8.45. The molecule has 138 valence electrons. The zero-order valence-corrected chi connectivity index (χ0v) is 15.5. The van der Waals surface area contributed by atoms with E-state index in [2.05, 4.69) is 13.8 Å². The van der Waals surface area contributed by atoms with Crippen LogP contribution < -0.4 is 4.74 Å². The van der Waals surface area contributed by atoms with Gasteiger partial charge in [0.25, 0.3) is 0 Å². The van der Waals surface area contributed by atoms with Gasteiger partial charge in [0, 0.05) is 19.4 Å². The summed E-state index contributed by atoms with van der Waals surface area (Å²) in [6.07, 6.45) is 4.10. The summed E-state index contributed by atoms with van der Waals surface area (Å²) in [5.41, 5.74) is 0.113. The molecule has 1 aliphatic heterocycles. The number of para-hydroxylation sites is 1. The van der Waals surface area contributed by atoms with Crippen LogP contribution in [0.2, 0.25) is 0 Å². The Balaban J connectivity index is 1.40. The fraction of sp³-hybridized carbons (Fsp3) is 0.714. The summed E-state index contributed by atoms with van der Waals surface area (Å²) in [6.45, 7) is 5.01. The van der Waals surface area contributed by atoms with Crippen molar-refractivity contribution in [1.29, 1.82) is 0 Å². The standard InChI is InChI=1S/C21H30O4/c1-14-13-21(10-11-21)19(18(23-3)17(14)22)20(2)16(25-20)9-12-24-15-7-5-4-6-8-15/h4-8,14,16-19,22H,9-13H2,1-3H3/t14-,16+,17+,18+,19+,20-/m0/s1. The average molecular weight is 346 g/mol. The van der Waals surface area contributed by atoms with Crippen molar-refractivity contribution in [2.75, 3.05) is 13.7 Å². The normalized spacial score (nSPS) is 41.5. The van der Waals surface area contributed by atoms with Gasteiger partial charge in [-0.05, 0) is 49.7 Å². The average Bonchev–Trinajstić information content (AvgIpc) is 3.51. The number of methoxy groups -OCH3 is 1. The lowest BCUT2D eigenvalue weighted by Gasteiger charge is -2.46. The summed E-state index contributed by atoms with van der Waals surface area (Å²) in [4.78, 5) is 0. The van der Waals surface area contributed by atoms with Crippen LogP contribution in [0.3, 0.4) is 0 Å². The van der Waals surface area contributed by atoms with Crippen LogP contribution >= 0.6 is 0 Å². The third kappa shape index (κ3) is 2.98. The Hall–Kier alpha value is -1.10. The predicted octanol–water partition coefficient (Wildman–Crippen LogP) is 3.43. The van der Waals surface area contributed by atoms with Crippen molar-refractivity contribution in [3.63, 3.8) is 0 Å². The third-order valence-corrected chi connectivity index (χ3v) is 6.79. The molecule has 0 bridgehead atoms. The van der Waals surface area contributed by atoms with Crippen molar-refractivity contribution >= 4 is 0 Å². The topological polar surface area (TPSA) is 51.2 Å². The van der Waals surface area contributed by atoms with Crippen LogP contribution in [0.4, 0.5) is 0 Å². The molecule has 4 rings (SSSR count). The molecule has 6 atom stereocenters. The Labute approximate surface area is 150 Å². The van der Waals surface area contributed by atoms with Crippen LogP contribution in [0.15, 0.2) is 30.3 Å². The molecule has 4 nitrogen and oxygen atoms in total. The minimum atomic E-state index is -0.400. The van der Waals surface area contributed by atoms with Crippen LogP contribution in [0.25, 0.3) is 0 Å². The van der Waals surface area contributed by atoms with Gasteiger partial charge < -0.3 is 19.3 Å². The molecule has 1 aromatic carbocycles. The third-order valence-electron chi connectivity index (χ3n) is 6.79. The maximum Gasteiger partial charge on any atom is 0.119 e. The highest BCUT2D eigenvalue weighted by atomic mass is 16.6. The second kappa shape index (κ2) is 6.26. The van der Waals surface area contributed by atoms with Crippen molar-refractivity contribution in [1.82, 2.24) is 0 Å². The van der Waals surface area contributed by atoms with E-state index in [0.29, 0.717) is 17.9 Å². The molecule has 0 radical (unpaired) electrons. The molecule has 3 fully saturated rings. The van der Waals surface area contributed by atoms with Gasteiger partial charge in [0.05, 0.1) is 30.5 Å². The molecular formula is C21H30O4. The van der Waals surface area contributed by atoms with Crippen molar-refractivity contribution in [3.8, 4) is 5.75 Å². The molecule has 25 heavy (non-hydrogen) atoms. The summed E-state index contributed by atoms with van der Waals surface area (Å²) >= 11 is 0. The van der Waals surface area contributed by atoms with Crippen molar-refractivity contribution in [3.05, 3.63) is 30.3 Å². The predicted molar refractivity (Wildman–Crippen MR) is 95.6 cm³/mol. The number of hydrogen-bond acceptors (Lipinski definition) is 4. The highest BCUT2D eigenvalue weighted by molar-refractivity contribution is 5.21. The first-order valence-electron chi connectivity index (χ1n) is 9.57. The fourth-order valence-corrected chi connectivity index (χ4v) is 5.34. The number of rotatable bonds is 6. The second-order valence-electron chi connectivity index (χ2n) is 8.45. The van der Waals surface area contributed by atoms with Crippen molar-refractivity contribution < 1.29 is 19.3 Å². The summed E-state index contributed by atoms with van der Waals surface area (Å²) in [5, 5.41) is 10.7. The molecule has 1 aromatic rings. The van der Waals surface area contributed by atoms with Crippen LogP contribution in [-0.4, -0.2) is 42.7 Å². The first-order valence-corrected chi connectivity index (χ1v) is 9.57. The van der Waals surface area contributed by atoms with Gasteiger partial charge in [0.15, 0.2) is 0 Å². The van der Waals surface area contributed by atoms with Gasteiger partial charge in [-0.1, -0.05) is 25.1 Å². The van der Waals surface area contributed by atoms with Crippen molar-refractivity contribution in [2.24, 2.45) is 17.3 Å². The molecule has 1 N–H and O–H groups in total. The van der Waals surface area contributed by atoms with Gasteiger partial charge in [-0.2, -0.15) is 0 Å². The summed E-state index contributed by atoms with van der Waals surface area (Å²) in [7, 11) is 1.73. The molecule has 2 aliphatic carbocycles. The Morgan fingerprint density at radius 2 is 1.96 bits per heavy atom. The highest BCUT2D eigenvalue weighted by Crippen LogP contribution is 2.68. The van der Waals surface area contributed by atoms with E-state index in [1.807, 2.05) is 30.3 Å². The Morgan fingerprint density at radius 1 is 1.24 bits per heavy atom. The summed E-state index contributed by atoms with van der Waals surface area (Å²) in [6, 6.07) is 9.91. The number of aliphatic hydroxyl groups excluding tert-OH is 1. The van der Waals surface area contributed by atoms with Gasteiger partial charge in [0.2, 0.25) is 0 Å². The van der Waals surface area contributed by atoms with E-state index in [1.165, 1.54) is 12.8 Å². The molecule has 2 saturated carbocycles. The Morgan fingerprint density at radius 3 is 2.60 bits per heavy atom. The number of epoxide rings is 1. The first-order chi connectivity index (χ1) is 12.0. The van der Waals surface area contributed by atoms with E-state index < -0.39 is 6.10 Å². The summed E-state index contributed by atoms with van der Waals surface area (Å²) < 4.78 is 17.8. The van der Waals surface area contributed by atoms with E-state index in [0.717, 1.165) is 18.6 Å². The molecule has 0 aromatic heterocycles. The number of aliphatic hydroxyl groups is 1. The summed E-state index contributed by atoms with van der Waals surface area (Å²) in [5.74, 6) is 1.48.